The standard InChI is InChI=1S/C20H31N3O4.ClH/c1-12(18(24)22-11-10-21-13-6-4-2-3-5-7-13)23-19(25)16-14-8-9-15(27-14)17(16)20(23)26;/h12-17,21H,2-11H2,1H3,(H,22,24);1H. The normalized spacial score (nSPS) is 33.4. The molecule has 3 amide bonds. The highest BCUT2D eigenvalue weighted by Crippen LogP contribution is 2.48. The van der Waals surface area contributed by atoms with E-state index in [4.69, 9.17) is 4.74 Å². The Kier molecular flexibility index (Phi) is 6.99. The van der Waals surface area contributed by atoms with Gasteiger partial charge in [-0.1, -0.05) is 25.7 Å². The highest BCUT2D eigenvalue weighted by Gasteiger charge is 2.63. The Hall–Kier alpha value is -1.18. The largest absolute Gasteiger partial charge is 0.373 e. The van der Waals surface area contributed by atoms with Crippen molar-refractivity contribution >= 4 is 30.1 Å². The first-order chi connectivity index (χ1) is 13.1. The lowest BCUT2D eigenvalue weighted by atomic mass is 9.81. The fraction of sp³-hybridized carbons (Fsp3) is 0.850. The maximum atomic E-state index is 12.7. The summed E-state index contributed by atoms with van der Waals surface area (Å²) in [6.45, 7) is 2.87. The zero-order chi connectivity index (χ0) is 19.0. The number of hydrogen-bond acceptors (Lipinski definition) is 5. The van der Waals surface area contributed by atoms with Crippen LogP contribution < -0.4 is 10.6 Å². The van der Waals surface area contributed by atoms with E-state index in [1.807, 2.05) is 0 Å². The minimum Gasteiger partial charge on any atom is -0.373 e. The van der Waals surface area contributed by atoms with E-state index in [-0.39, 0.29) is 54.2 Å². The van der Waals surface area contributed by atoms with Gasteiger partial charge in [0.1, 0.15) is 6.04 Å². The van der Waals surface area contributed by atoms with Crippen LogP contribution in [0.1, 0.15) is 58.3 Å². The van der Waals surface area contributed by atoms with E-state index >= 15 is 0 Å². The van der Waals surface area contributed by atoms with Crippen LogP contribution in [0.4, 0.5) is 0 Å². The SMILES string of the molecule is CC(C(=O)NCCNC1CCCCCC1)N1C(=O)C2C3CCC(O3)C2C1=O.Cl. The van der Waals surface area contributed by atoms with E-state index in [0.29, 0.717) is 19.1 Å². The Bertz CT molecular complexity index is 580. The number of rotatable bonds is 6. The molecule has 8 heteroatoms. The molecule has 4 rings (SSSR count). The van der Waals surface area contributed by atoms with Gasteiger partial charge in [-0.05, 0) is 32.6 Å². The second kappa shape index (κ2) is 9.09. The molecular formula is C20H32ClN3O4. The zero-order valence-corrected chi connectivity index (χ0v) is 17.3. The predicted octanol–water partition coefficient (Wildman–Crippen LogP) is 1.39. The van der Waals surface area contributed by atoms with Crippen LogP contribution in [0.15, 0.2) is 0 Å². The summed E-state index contributed by atoms with van der Waals surface area (Å²) in [5, 5.41) is 6.40. The quantitative estimate of drug-likeness (QED) is 0.390. The van der Waals surface area contributed by atoms with Crippen molar-refractivity contribution in [2.24, 2.45) is 11.8 Å². The van der Waals surface area contributed by atoms with Crippen molar-refractivity contribution in [3.8, 4) is 0 Å². The van der Waals surface area contributed by atoms with Crippen LogP contribution in [0, 0.1) is 11.8 Å². The lowest BCUT2D eigenvalue weighted by Gasteiger charge is -2.24. The third kappa shape index (κ3) is 3.94. The Morgan fingerprint density at radius 2 is 1.57 bits per heavy atom. The number of likely N-dealkylation sites (tertiary alicyclic amines) is 1. The third-order valence-electron chi connectivity index (χ3n) is 6.80. The lowest BCUT2D eigenvalue weighted by molar-refractivity contribution is -0.149. The van der Waals surface area contributed by atoms with Gasteiger partial charge in [0, 0.05) is 19.1 Å². The van der Waals surface area contributed by atoms with Gasteiger partial charge < -0.3 is 15.4 Å². The zero-order valence-electron chi connectivity index (χ0n) is 16.5. The van der Waals surface area contributed by atoms with Crippen molar-refractivity contribution in [2.75, 3.05) is 13.1 Å². The van der Waals surface area contributed by atoms with Crippen LogP contribution >= 0.6 is 12.4 Å². The summed E-state index contributed by atoms with van der Waals surface area (Å²) in [7, 11) is 0. The minimum absolute atomic E-state index is 0. The molecule has 158 valence electrons. The molecule has 7 nitrogen and oxygen atoms in total. The molecule has 0 radical (unpaired) electrons. The third-order valence-corrected chi connectivity index (χ3v) is 6.80. The topological polar surface area (TPSA) is 87.7 Å². The van der Waals surface area contributed by atoms with Gasteiger partial charge in [-0.3, -0.25) is 19.3 Å². The molecule has 3 heterocycles. The molecule has 2 bridgehead atoms. The maximum Gasteiger partial charge on any atom is 0.243 e. The fourth-order valence-electron chi connectivity index (χ4n) is 5.33. The molecule has 0 aromatic carbocycles. The minimum atomic E-state index is -0.757. The van der Waals surface area contributed by atoms with E-state index in [0.717, 1.165) is 12.8 Å². The summed E-state index contributed by atoms with van der Waals surface area (Å²) in [5.41, 5.74) is 0. The van der Waals surface area contributed by atoms with Crippen molar-refractivity contribution in [3.05, 3.63) is 0 Å². The Labute approximate surface area is 172 Å². The number of carbonyl (C=O) groups is 3. The molecule has 1 aliphatic carbocycles. The molecule has 0 aromatic rings. The molecule has 0 spiro atoms. The smallest absolute Gasteiger partial charge is 0.243 e. The average Bonchev–Trinajstić information content (AvgIpc) is 3.26. The molecule has 0 aromatic heterocycles. The van der Waals surface area contributed by atoms with Gasteiger partial charge in [-0.15, -0.1) is 12.4 Å². The van der Waals surface area contributed by atoms with Gasteiger partial charge in [-0.25, -0.2) is 0 Å². The molecule has 3 saturated heterocycles. The van der Waals surface area contributed by atoms with Crippen molar-refractivity contribution in [3.63, 3.8) is 0 Å². The van der Waals surface area contributed by atoms with Crippen molar-refractivity contribution in [1.82, 2.24) is 15.5 Å². The highest BCUT2D eigenvalue weighted by molar-refractivity contribution is 6.09. The van der Waals surface area contributed by atoms with E-state index in [1.165, 1.54) is 43.4 Å². The monoisotopic (exact) mass is 413 g/mol. The van der Waals surface area contributed by atoms with Crippen molar-refractivity contribution in [1.29, 1.82) is 0 Å². The Balaban J connectivity index is 0.00000225. The molecular weight excluding hydrogens is 382 g/mol. The first kappa shape index (κ1) is 21.5. The number of imide groups is 1. The first-order valence-electron chi connectivity index (χ1n) is 10.6. The number of nitrogens with one attached hydrogen (secondary N) is 2. The highest BCUT2D eigenvalue weighted by atomic mass is 35.5. The molecule has 5 atom stereocenters. The number of nitrogens with zero attached hydrogens (tertiary/aromatic N) is 1. The summed E-state index contributed by atoms with van der Waals surface area (Å²) < 4.78 is 5.74. The van der Waals surface area contributed by atoms with Gasteiger partial charge in [0.2, 0.25) is 17.7 Å². The number of carbonyl (C=O) groups excluding carboxylic acids is 3. The van der Waals surface area contributed by atoms with Gasteiger partial charge in [0.15, 0.2) is 0 Å². The summed E-state index contributed by atoms with van der Waals surface area (Å²) in [5.74, 6) is -1.45. The number of amides is 3. The summed E-state index contributed by atoms with van der Waals surface area (Å²) in [4.78, 5) is 39.2. The second-order valence-electron chi connectivity index (χ2n) is 8.50. The van der Waals surface area contributed by atoms with Crippen molar-refractivity contribution < 1.29 is 19.1 Å². The van der Waals surface area contributed by atoms with Crippen LogP contribution in [0.25, 0.3) is 0 Å². The van der Waals surface area contributed by atoms with Gasteiger partial charge in [0.25, 0.3) is 0 Å². The Morgan fingerprint density at radius 3 is 2.14 bits per heavy atom. The average molecular weight is 414 g/mol. The van der Waals surface area contributed by atoms with Crippen LogP contribution in [0.2, 0.25) is 0 Å². The number of fused-ring (bicyclic) bond motifs is 5. The molecule has 4 fully saturated rings. The van der Waals surface area contributed by atoms with Gasteiger partial charge >= 0.3 is 0 Å². The van der Waals surface area contributed by atoms with Crippen LogP contribution in [-0.2, 0) is 19.1 Å². The van der Waals surface area contributed by atoms with E-state index < -0.39 is 6.04 Å². The second-order valence-corrected chi connectivity index (χ2v) is 8.50. The fourth-order valence-corrected chi connectivity index (χ4v) is 5.33. The van der Waals surface area contributed by atoms with E-state index in [2.05, 4.69) is 10.6 Å². The lowest BCUT2D eigenvalue weighted by Crippen LogP contribution is -2.50. The van der Waals surface area contributed by atoms with E-state index in [1.54, 1.807) is 6.92 Å². The van der Waals surface area contributed by atoms with Gasteiger partial charge in [-0.2, -0.15) is 0 Å². The van der Waals surface area contributed by atoms with Crippen molar-refractivity contribution in [2.45, 2.75) is 82.6 Å². The molecule has 3 aliphatic heterocycles. The summed E-state index contributed by atoms with van der Waals surface area (Å²) >= 11 is 0. The molecule has 4 aliphatic rings. The first-order valence-corrected chi connectivity index (χ1v) is 10.6. The van der Waals surface area contributed by atoms with Crippen LogP contribution in [0.3, 0.4) is 0 Å². The molecule has 1 saturated carbocycles. The molecule has 28 heavy (non-hydrogen) atoms. The van der Waals surface area contributed by atoms with Crippen LogP contribution in [0.5, 0.6) is 0 Å². The predicted molar refractivity (Wildman–Crippen MR) is 106 cm³/mol. The number of ether oxygens (including phenoxy) is 1. The van der Waals surface area contributed by atoms with Gasteiger partial charge in [0.05, 0.1) is 24.0 Å². The Morgan fingerprint density at radius 1 is 1.00 bits per heavy atom. The summed E-state index contributed by atoms with van der Waals surface area (Å²) in [6, 6.07) is -0.216. The maximum absolute atomic E-state index is 12.7. The summed E-state index contributed by atoms with van der Waals surface area (Å²) in [6.07, 6.45) is 8.99. The number of hydrogen-bond donors (Lipinski definition) is 2. The van der Waals surface area contributed by atoms with Crippen LogP contribution in [-0.4, -0.2) is 60.0 Å². The molecule has 5 unspecified atom stereocenters. The van der Waals surface area contributed by atoms with E-state index in [9.17, 15) is 14.4 Å². The number of halogens is 1. The molecule has 2 N–H and O–H groups in total.